The highest BCUT2D eigenvalue weighted by Crippen LogP contribution is 2.26. The number of aromatic nitrogens is 1. The Morgan fingerprint density at radius 3 is 2.20 bits per heavy atom. The van der Waals surface area contributed by atoms with Crippen LogP contribution in [-0.2, 0) is 11.2 Å². The SMILES string of the molecule is COc1cccc(C[C@@H](NC(=O)c2c3ccccc3nc3ccccc23)C(N)=O)c1. The van der Waals surface area contributed by atoms with Gasteiger partial charge in [0.2, 0.25) is 5.91 Å². The van der Waals surface area contributed by atoms with E-state index in [1.54, 1.807) is 7.11 Å². The number of fused-ring (bicyclic) bond motifs is 2. The molecular formula is C24H21N3O3. The van der Waals surface area contributed by atoms with Crippen LogP contribution in [0, 0.1) is 0 Å². The van der Waals surface area contributed by atoms with Gasteiger partial charge in [-0.3, -0.25) is 9.59 Å². The van der Waals surface area contributed by atoms with Crippen molar-refractivity contribution in [3.05, 3.63) is 83.9 Å². The third kappa shape index (κ3) is 3.80. The molecule has 0 fully saturated rings. The molecule has 0 aliphatic rings. The van der Waals surface area contributed by atoms with Crippen molar-refractivity contribution in [2.75, 3.05) is 7.11 Å². The number of primary amides is 1. The Hall–Kier alpha value is -3.93. The van der Waals surface area contributed by atoms with E-state index in [-0.39, 0.29) is 12.3 Å². The Kier molecular flexibility index (Phi) is 5.30. The molecule has 4 rings (SSSR count). The number of nitrogens with one attached hydrogen (secondary N) is 1. The van der Waals surface area contributed by atoms with Crippen molar-refractivity contribution in [1.82, 2.24) is 10.3 Å². The first-order valence-electron chi connectivity index (χ1n) is 9.57. The first-order valence-corrected chi connectivity index (χ1v) is 9.57. The molecular weight excluding hydrogens is 378 g/mol. The summed E-state index contributed by atoms with van der Waals surface area (Å²) < 4.78 is 5.23. The van der Waals surface area contributed by atoms with E-state index in [0.29, 0.717) is 22.3 Å². The summed E-state index contributed by atoms with van der Waals surface area (Å²) in [5.41, 5.74) is 8.35. The normalized spacial score (nSPS) is 11.9. The number of benzene rings is 3. The zero-order chi connectivity index (χ0) is 21.1. The number of amides is 2. The lowest BCUT2D eigenvalue weighted by Gasteiger charge is -2.18. The van der Waals surface area contributed by atoms with Gasteiger partial charge in [-0.2, -0.15) is 0 Å². The first kappa shape index (κ1) is 19.4. The number of carbonyl (C=O) groups is 2. The fourth-order valence-corrected chi connectivity index (χ4v) is 3.57. The topological polar surface area (TPSA) is 94.3 Å². The van der Waals surface area contributed by atoms with Crippen LogP contribution in [0.2, 0.25) is 0 Å². The summed E-state index contributed by atoms with van der Waals surface area (Å²) in [6.07, 6.45) is 0.263. The molecule has 0 unspecified atom stereocenters. The highest BCUT2D eigenvalue weighted by Gasteiger charge is 2.23. The zero-order valence-electron chi connectivity index (χ0n) is 16.5. The van der Waals surface area contributed by atoms with Crippen LogP contribution >= 0.6 is 0 Å². The Balaban J connectivity index is 1.72. The van der Waals surface area contributed by atoms with Crippen LogP contribution in [0.4, 0.5) is 0 Å². The molecule has 30 heavy (non-hydrogen) atoms. The molecule has 0 aliphatic heterocycles. The Morgan fingerprint density at radius 2 is 1.60 bits per heavy atom. The number of para-hydroxylation sites is 2. The average molecular weight is 399 g/mol. The highest BCUT2D eigenvalue weighted by molar-refractivity contribution is 6.16. The van der Waals surface area contributed by atoms with E-state index < -0.39 is 11.9 Å². The molecule has 0 bridgehead atoms. The Labute approximate surface area is 173 Å². The van der Waals surface area contributed by atoms with E-state index in [1.807, 2.05) is 72.8 Å². The monoisotopic (exact) mass is 399 g/mol. The Bertz CT molecular complexity index is 1200. The van der Waals surface area contributed by atoms with Gasteiger partial charge in [-0.15, -0.1) is 0 Å². The fourth-order valence-electron chi connectivity index (χ4n) is 3.57. The second kappa shape index (κ2) is 8.21. The van der Waals surface area contributed by atoms with Gasteiger partial charge < -0.3 is 15.8 Å². The second-order valence-corrected chi connectivity index (χ2v) is 7.01. The predicted octanol–water partition coefficient (Wildman–Crippen LogP) is 3.22. The summed E-state index contributed by atoms with van der Waals surface area (Å²) >= 11 is 0. The van der Waals surface area contributed by atoms with Crippen molar-refractivity contribution in [2.24, 2.45) is 5.73 Å². The molecule has 3 N–H and O–H groups in total. The summed E-state index contributed by atoms with van der Waals surface area (Å²) in [5, 5.41) is 4.26. The molecule has 1 aromatic heterocycles. The molecule has 1 atom stereocenters. The number of hydrogen-bond donors (Lipinski definition) is 2. The van der Waals surface area contributed by atoms with Crippen LogP contribution in [0.5, 0.6) is 5.75 Å². The van der Waals surface area contributed by atoms with Gasteiger partial charge in [0.05, 0.1) is 23.7 Å². The predicted molar refractivity (Wildman–Crippen MR) is 116 cm³/mol. The van der Waals surface area contributed by atoms with Crippen LogP contribution in [0.1, 0.15) is 15.9 Å². The molecule has 6 heteroatoms. The number of nitrogens with zero attached hydrogens (tertiary/aromatic N) is 1. The van der Waals surface area contributed by atoms with Gasteiger partial charge in [-0.25, -0.2) is 4.98 Å². The van der Waals surface area contributed by atoms with Crippen LogP contribution in [0.3, 0.4) is 0 Å². The minimum atomic E-state index is -0.865. The summed E-state index contributed by atoms with van der Waals surface area (Å²) in [4.78, 5) is 30.1. The number of pyridine rings is 1. The molecule has 0 saturated carbocycles. The van der Waals surface area contributed by atoms with Gasteiger partial charge in [-0.1, -0.05) is 48.5 Å². The van der Waals surface area contributed by atoms with Crippen molar-refractivity contribution in [3.63, 3.8) is 0 Å². The smallest absolute Gasteiger partial charge is 0.253 e. The summed E-state index contributed by atoms with van der Waals surface area (Å²) in [6.45, 7) is 0. The standard InChI is InChI=1S/C24H21N3O3/c1-30-16-8-6-7-15(13-16)14-21(23(25)28)27-24(29)22-17-9-2-4-11-19(17)26-20-12-5-3-10-18(20)22/h2-13,21H,14H2,1H3,(H2,25,28)(H,27,29)/t21-/m1/s1. The lowest BCUT2D eigenvalue weighted by molar-refractivity contribution is -0.119. The van der Waals surface area contributed by atoms with Crippen molar-refractivity contribution < 1.29 is 14.3 Å². The van der Waals surface area contributed by atoms with Crippen molar-refractivity contribution in [1.29, 1.82) is 0 Å². The van der Waals surface area contributed by atoms with E-state index in [9.17, 15) is 9.59 Å². The van der Waals surface area contributed by atoms with Gasteiger partial charge in [0, 0.05) is 17.2 Å². The number of hydrogen-bond acceptors (Lipinski definition) is 4. The van der Waals surface area contributed by atoms with E-state index in [4.69, 9.17) is 10.5 Å². The molecule has 0 spiro atoms. The van der Waals surface area contributed by atoms with Gasteiger partial charge in [0.1, 0.15) is 11.8 Å². The van der Waals surface area contributed by atoms with Gasteiger partial charge in [0.25, 0.3) is 5.91 Å². The lowest BCUT2D eigenvalue weighted by Crippen LogP contribution is -2.46. The van der Waals surface area contributed by atoms with Crippen LogP contribution in [0.15, 0.2) is 72.8 Å². The molecule has 4 aromatic rings. The molecule has 0 aliphatic carbocycles. The third-order valence-electron chi connectivity index (χ3n) is 5.04. The van der Waals surface area contributed by atoms with Crippen molar-refractivity contribution >= 4 is 33.6 Å². The summed E-state index contributed by atoms with van der Waals surface area (Å²) in [6, 6.07) is 21.4. The maximum atomic E-state index is 13.3. The highest BCUT2D eigenvalue weighted by atomic mass is 16.5. The number of ether oxygens (including phenoxy) is 1. The minimum Gasteiger partial charge on any atom is -0.497 e. The minimum absolute atomic E-state index is 0.263. The van der Waals surface area contributed by atoms with E-state index >= 15 is 0 Å². The molecule has 0 radical (unpaired) electrons. The van der Waals surface area contributed by atoms with Crippen LogP contribution < -0.4 is 15.8 Å². The summed E-state index contributed by atoms with van der Waals surface area (Å²) in [5.74, 6) is -0.293. The van der Waals surface area contributed by atoms with E-state index in [0.717, 1.165) is 16.3 Å². The Morgan fingerprint density at radius 1 is 0.967 bits per heavy atom. The van der Waals surface area contributed by atoms with Gasteiger partial charge in [0.15, 0.2) is 0 Å². The average Bonchev–Trinajstić information content (AvgIpc) is 2.76. The molecule has 1 heterocycles. The van der Waals surface area contributed by atoms with E-state index in [2.05, 4.69) is 10.3 Å². The maximum absolute atomic E-state index is 13.3. The maximum Gasteiger partial charge on any atom is 0.253 e. The number of nitrogens with two attached hydrogens (primary N) is 1. The first-order chi connectivity index (χ1) is 14.6. The third-order valence-corrected chi connectivity index (χ3v) is 5.04. The second-order valence-electron chi connectivity index (χ2n) is 7.01. The van der Waals surface area contributed by atoms with E-state index in [1.165, 1.54) is 0 Å². The van der Waals surface area contributed by atoms with Crippen molar-refractivity contribution in [3.8, 4) is 5.75 Å². The van der Waals surface area contributed by atoms with Gasteiger partial charge in [-0.05, 0) is 29.8 Å². The van der Waals surface area contributed by atoms with Crippen LogP contribution in [-0.4, -0.2) is 29.9 Å². The molecule has 0 saturated heterocycles. The lowest BCUT2D eigenvalue weighted by atomic mass is 10.0. The quantitative estimate of drug-likeness (QED) is 0.487. The molecule has 2 amide bonds. The van der Waals surface area contributed by atoms with Crippen LogP contribution in [0.25, 0.3) is 21.8 Å². The molecule has 3 aromatic carbocycles. The fraction of sp³-hybridized carbons (Fsp3) is 0.125. The largest absolute Gasteiger partial charge is 0.497 e. The number of rotatable bonds is 6. The summed E-state index contributed by atoms with van der Waals surface area (Å²) in [7, 11) is 1.58. The number of methoxy groups -OCH3 is 1. The molecule has 6 nitrogen and oxygen atoms in total. The van der Waals surface area contributed by atoms with Crippen molar-refractivity contribution in [2.45, 2.75) is 12.5 Å². The van der Waals surface area contributed by atoms with Gasteiger partial charge >= 0.3 is 0 Å². The number of carbonyl (C=O) groups excluding carboxylic acids is 2. The zero-order valence-corrected chi connectivity index (χ0v) is 16.5. The molecule has 150 valence electrons.